The van der Waals surface area contributed by atoms with Crippen LogP contribution in [-0.2, 0) is 25.4 Å². The van der Waals surface area contributed by atoms with Gasteiger partial charge in [-0.1, -0.05) is 13.3 Å². The van der Waals surface area contributed by atoms with Gasteiger partial charge in [0.15, 0.2) is 5.82 Å². The third-order valence-electron chi connectivity index (χ3n) is 5.12. The molecule has 1 N–H and O–H groups in total. The Morgan fingerprint density at radius 2 is 1.94 bits per heavy atom. The Morgan fingerprint density at radius 1 is 1.15 bits per heavy atom. The molecule has 0 saturated carbocycles. The number of halogens is 5. The Kier molecular flexibility index (Phi) is 6.40. The van der Waals surface area contributed by atoms with Crippen LogP contribution in [0.25, 0.3) is 10.2 Å². The summed E-state index contributed by atoms with van der Waals surface area (Å²) in [5, 5.41) is 16.5. The second-order valence-corrected chi connectivity index (χ2v) is 8.64. The van der Waals surface area contributed by atoms with Crippen molar-refractivity contribution in [2.75, 3.05) is 24.7 Å². The van der Waals surface area contributed by atoms with E-state index in [4.69, 9.17) is 9.84 Å². The average Bonchev–Trinajstić information content (AvgIpc) is 3.36. The fourth-order valence-corrected chi connectivity index (χ4v) is 4.65. The number of ether oxygens (including phenoxy) is 1. The molecule has 8 nitrogen and oxygen atoms in total. The van der Waals surface area contributed by atoms with E-state index in [-0.39, 0.29) is 44.7 Å². The van der Waals surface area contributed by atoms with Crippen LogP contribution in [-0.4, -0.2) is 55.8 Å². The number of aliphatic hydroxyl groups is 1. The summed E-state index contributed by atoms with van der Waals surface area (Å²) in [4.78, 5) is 12.4. The lowest BCUT2D eigenvalue weighted by atomic mass is 10.2. The number of fused-ring (bicyclic) bond motifs is 2. The van der Waals surface area contributed by atoms with Crippen molar-refractivity contribution in [3.05, 3.63) is 22.6 Å². The fraction of sp³-hybridized carbons (Fsp3) is 0.579. The maximum absolute atomic E-state index is 13.9. The predicted octanol–water partition coefficient (Wildman–Crippen LogP) is 3.67. The van der Waals surface area contributed by atoms with E-state index in [0.717, 1.165) is 27.7 Å². The standard InChI is InChI=1S/C19H21F5N6O2S/c1-2-4-11-9-12-14(25-17(26-15(12)33-11)32-8-3-7-31)29-5-6-30-13(10-29)27-28-16(30)18(20,21)19(22,23)24/h9,31H,2-8,10H2,1H3. The Bertz CT molecular complexity index is 1130. The van der Waals surface area contributed by atoms with Crippen LogP contribution in [0.4, 0.5) is 27.8 Å². The number of rotatable bonds is 8. The topological polar surface area (TPSA) is 89.2 Å². The molecule has 0 unspecified atom stereocenters. The third-order valence-corrected chi connectivity index (χ3v) is 6.21. The molecule has 4 rings (SSSR count). The van der Waals surface area contributed by atoms with E-state index in [1.54, 1.807) is 4.90 Å². The zero-order chi connectivity index (χ0) is 23.8. The third kappa shape index (κ3) is 4.45. The number of aromatic nitrogens is 5. The van der Waals surface area contributed by atoms with Gasteiger partial charge in [0.25, 0.3) is 0 Å². The number of aryl methyl sites for hydroxylation is 1. The van der Waals surface area contributed by atoms with E-state index in [2.05, 4.69) is 20.2 Å². The van der Waals surface area contributed by atoms with E-state index >= 15 is 0 Å². The van der Waals surface area contributed by atoms with Gasteiger partial charge in [-0.3, -0.25) is 0 Å². The molecule has 3 aromatic rings. The minimum absolute atomic E-state index is 0.0151. The van der Waals surface area contributed by atoms with E-state index < -0.39 is 17.9 Å². The average molecular weight is 492 g/mol. The summed E-state index contributed by atoms with van der Waals surface area (Å²) >= 11 is 1.48. The molecule has 0 radical (unpaired) electrons. The highest BCUT2D eigenvalue weighted by molar-refractivity contribution is 7.18. The highest BCUT2D eigenvalue weighted by Gasteiger charge is 2.62. The molecule has 0 atom stereocenters. The van der Waals surface area contributed by atoms with Crippen molar-refractivity contribution in [3.63, 3.8) is 0 Å². The molecular weight excluding hydrogens is 471 g/mol. The van der Waals surface area contributed by atoms with Crippen molar-refractivity contribution in [2.45, 2.75) is 51.4 Å². The Morgan fingerprint density at radius 3 is 2.64 bits per heavy atom. The highest BCUT2D eigenvalue weighted by Crippen LogP contribution is 2.43. The summed E-state index contributed by atoms with van der Waals surface area (Å²) in [5.74, 6) is -6.04. The van der Waals surface area contributed by atoms with Crippen molar-refractivity contribution in [2.24, 2.45) is 0 Å². The van der Waals surface area contributed by atoms with Crippen molar-refractivity contribution in [1.82, 2.24) is 24.7 Å². The number of nitrogens with zero attached hydrogens (tertiary/aromatic N) is 6. The van der Waals surface area contributed by atoms with Crippen LogP contribution in [0.3, 0.4) is 0 Å². The lowest BCUT2D eigenvalue weighted by molar-refractivity contribution is -0.293. The van der Waals surface area contributed by atoms with E-state index in [1.165, 1.54) is 11.3 Å². The first-order chi connectivity index (χ1) is 15.7. The zero-order valence-electron chi connectivity index (χ0n) is 17.6. The minimum Gasteiger partial charge on any atom is -0.463 e. The molecule has 0 spiro atoms. The summed E-state index contributed by atoms with van der Waals surface area (Å²) in [7, 11) is 0. The molecule has 0 fully saturated rings. The van der Waals surface area contributed by atoms with Gasteiger partial charge in [0.1, 0.15) is 10.6 Å². The van der Waals surface area contributed by atoms with Gasteiger partial charge in [0, 0.05) is 31.0 Å². The summed E-state index contributed by atoms with van der Waals surface area (Å²) in [5.41, 5.74) is 0. The minimum atomic E-state index is -5.76. The first-order valence-electron chi connectivity index (χ1n) is 10.3. The van der Waals surface area contributed by atoms with Gasteiger partial charge in [0.05, 0.1) is 18.5 Å². The van der Waals surface area contributed by atoms with Gasteiger partial charge in [-0.15, -0.1) is 21.5 Å². The Balaban J connectivity index is 1.68. The summed E-state index contributed by atoms with van der Waals surface area (Å²) in [6.45, 7) is 2.10. The normalized spacial score (nSPS) is 14.7. The van der Waals surface area contributed by atoms with Crippen LogP contribution in [0.2, 0.25) is 0 Å². The maximum atomic E-state index is 13.9. The van der Waals surface area contributed by atoms with Gasteiger partial charge >= 0.3 is 18.1 Å². The molecule has 3 aromatic heterocycles. The van der Waals surface area contributed by atoms with E-state index in [9.17, 15) is 22.0 Å². The number of thiophene rings is 1. The Hall–Kier alpha value is -2.61. The molecule has 180 valence electrons. The summed E-state index contributed by atoms with van der Waals surface area (Å²) < 4.78 is 72.6. The predicted molar refractivity (Wildman–Crippen MR) is 110 cm³/mol. The molecule has 4 heterocycles. The van der Waals surface area contributed by atoms with Crippen molar-refractivity contribution < 1.29 is 31.8 Å². The Labute approximate surface area is 189 Å². The molecule has 0 bridgehead atoms. The van der Waals surface area contributed by atoms with Crippen molar-refractivity contribution >= 4 is 27.4 Å². The van der Waals surface area contributed by atoms with Crippen LogP contribution in [0.15, 0.2) is 6.07 Å². The molecule has 14 heteroatoms. The van der Waals surface area contributed by atoms with Crippen LogP contribution in [0.1, 0.15) is 36.3 Å². The second-order valence-electron chi connectivity index (χ2n) is 7.52. The van der Waals surface area contributed by atoms with Crippen molar-refractivity contribution in [3.8, 4) is 6.01 Å². The molecule has 0 aliphatic carbocycles. The second kappa shape index (κ2) is 8.97. The molecule has 0 amide bonds. The highest BCUT2D eigenvalue weighted by atomic mass is 32.1. The molecule has 0 aromatic carbocycles. The maximum Gasteiger partial charge on any atom is 0.461 e. The van der Waals surface area contributed by atoms with Crippen LogP contribution < -0.4 is 9.64 Å². The lowest BCUT2D eigenvalue weighted by Crippen LogP contribution is -2.40. The van der Waals surface area contributed by atoms with Gasteiger partial charge < -0.3 is 19.3 Å². The molecule has 0 saturated heterocycles. The van der Waals surface area contributed by atoms with Gasteiger partial charge in [0.2, 0.25) is 5.82 Å². The first-order valence-corrected chi connectivity index (χ1v) is 11.1. The molecule has 1 aliphatic heterocycles. The largest absolute Gasteiger partial charge is 0.463 e. The molecule has 1 aliphatic rings. The van der Waals surface area contributed by atoms with Crippen LogP contribution >= 0.6 is 11.3 Å². The number of anilines is 1. The number of aliphatic hydroxyl groups excluding tert-OH is 1. The first kappa shape index (κ1) is 23.5. The SMILES string of the molecule is CCCc1cc2c(N3CCn4c(nnc4C(F)(F)C(F)(F)F)C3)nc(OCCCO)nc2s1. The molecule has 33 heavy (non-hydrogen) atoms. The smallest absolute Gasteiger partial charge is 0.461 e. The number of hydrogen-bond donors (Lipinski definition) is 1. The van der Waals surface area contributed by atoms with Gasteiger partial charge in [-0.2, -0.15) is 31.9 Å². The summed E-state index contributed by atoms with van der Waals surface area (Å²) in [6.07, 6.45) is -3.60. The monoisotopic (exact) mass is 492 g/mol. The van der Waals surface area contributed by atoms with Crippen molar-refractivity contribution in [1.29, 1.82) is 0 Å². The van der Waals surface area contributed by atoms with Gasteiger partial charge in [-0.05, 0) is 12.5 Å². The van der Waals surface area contributed by atoms with E-state index in [0.29, 0.717) is 17.1 Å². The fourth-order valence-electron chi connectivity index (χ4n) is 3.54. The summed E-state index contributed by atoms with van der Waals surface area (Å²) in [6, 6.07) is 2.06. The number of alkyl halides is 5. The van der Waals surface area contributed by atoms with Gasteiger partial charge in [-0.25, -0.2) is 0 Å². The quantitative estimate of drug-likeness (QED) is 0.379. The van der Waals surface area contributed by atoms with E-state index in [1.807, 2.05) is 13.0 Å². The lowest BCUT2D eigenvalue weighted by Gasteiger charge is -2.30. The number of hydrogen-bond acceptors (Lipinski definition) is 8. The van der Waals surface area contributed by atoms with Crippen LogP contribution in [0, 0.1) is 0 Å². The van der Waals surface area contributed by atoms with Crippen LogP contribution in [0.5, 0.6) is 6.01 Å². The molecular formula is C19H21F5N6O2S. The zero-order valence-corrected chi connectivity index (χ0v) is 18.4.